The Hall–Kier alpha value is -3.27. The summed E-state index contributed by atoms with van der Waals surface area (Å²) in [5.74, 6) is -0.780. The molecule has 3 aromatic rings. The number of carbonyl (C=O) groups is 1. The van der Waals surface area contributed by atoms with Crippen molar-refractivity contribution in [3.63, 3.8) is 0 Å². The molecule has 1 aromatic carbocycles. The Bertz CT molecular complexity index is 1380. The fourth-order valence-corrected chi connectivity index (χ4v) is 5.50. The van der Waals surface area contributed by atoms with E-state index in [1.165, 1.54) is 19.1 Å². The van der Waals surface area contributed by atoms with E-state index < -0.39 is 62.9 Å². The van der Waals surface area contributed by atoms with E-state index in [1.54, 1.807) is 32.0 Å². The van der Waals surface area contributed by atoms with Crippen molar-refractivity contribution in [2.24, 2.45) is 0 Å². The van der Waals surface area contributed by atoms with Crippen LogP contribution in [0.4, 0.5) is 14.6 Å². The van der Waals surface area contributed by atoms with Gasteiger partial charge in [0.25, 0.3) is 6.43 Å². The molecule has 1 saturated heterocycles. The van der Waals surface area contributed by atoms with E-state index in [2.05, 4.69) is 20.0 Å². The van der Waals surface area contributed by atoms with Gasteiger partial charge in [-0.05, 0) is 32.9 Å². The summed E-state index contributed by atoms with van der Waals surface area (Å²) in [6, 6.07) is 6.38. The van der Waals surface area contributed by atoms with Gasteiger partial charge in [-0.15, -0.1) is 0 Å². The quantitative estimate of drug-likeness (QED) is 0.188. The summed E-state index contributed by atoms with van der Waals surface area (Å²) >= 11 is 0. The highest BCUT2D eigenvalue weighted by atomic mass is 31.2. The van der Waals surface area contributed by atoms with E-state index in [-0.39, 0.29) is 22.7 Å². The lowest BCUT2D eigenvalue weighted by molar-refractivity contribution is -0.191. The van der Waals surface area contributed by atoms with Crippen LogP contribution in [0.15, 0.2) is 43.0 Å². The molecule has 2 aromatic heterocycles. The average Bonchev–Trinajstić information content (AvgIpc) is 3.43. The van der Waals surface area contributed by atoms with Crippen molar-refractivity contribution in [1.29, 1.82) is 0 Å². The Balaban J connectivity index is 1.62. The first kappa shape index (κ1) is 29.7. The number of hydrogen-bond donors (Lipinski definition) is 4. The number of alkyl halides is 2. The summed E-state index contributed by atoms with van der Waals surface area (Å²) in [5, 5.41) is 23.9. The molecular formula is C23H29F2N6O8P. The lowest BCUT2D eigenvalue weighted by Crippen LogP contribution is -2.53. The minimum absolute atomic E-state index is 0.00423. The van der Waals surface area contributed by atoms with E-state index in [4.69, 9.17) is 24.3 Å². The predicted octanol–water partition coefficient (Wildman–Crippen LogP) is 1.80. The normalized spacial score (nSPS) is 25.3. The number of esters is 1. The van der Waals surface area contributed by atoms with Crippen LogP contribution < -0.4 is 15.3 Å². The number of nitrogen functional groups attached to an aromatic ring is 1. The van der Waals surface area contributed by atoms with E-state index >= 15 is 0 Å². The number of rotatable bonds is 11. The van der Waals surface area contributed by atoms with E-state index in [0.29, 0.717) is 0 Å². The van der Waals surface area contributed by atoms with Crippen LogP contribution >= 0.6 is 7.75 Å². The topological polar surface area (TPSA) is 193 Å². The monoisotopic (exact) mass is 586 g/mol. The SMILES string of the molecule is CC(C)OC(=O)[C@H](C)N[P@](=O)(OC[C@@]1(C(F)F)O[C@@H](n2cnc3c(N)ncnc32)[C@H](O)[C@@H]1O)Oc1ccccc1. The number of para-hydroxylation sites is 1. The first-order valence-corrected chi connectivity index (χ1v) is 13.6. The van der Waals surface area contributed by atoms with Gasteiger partial charge in [0.2, 0.25) is 0 Å². The lowest BCUT2D eigenvalue weighted by atomic mass is 9.96. The Morgan fingerprint density at radius 2 is 1.93 bits per heavy atom. The van der Waals surface area contributed by atoms with Crippen molar-refractivity contribution in [2.45, 2.75) is 63.4 Å². The van der Waals surface area contributed by atoms with Gasteiger partial charge in [0.15, 0.2) is 23.3 Å². The maximum absolute atomic E-state index is 14.6. The van der Waals surface area contributed by atoms with Crippen molar-refractivity contribution in [3.8, 4) is 5.75 Å². The number of carbonyl (C=O) groups excluding carboxylic acids is 1. The molecule has 17 heteroatoms. The number of benzene rings is 1. The molecule has 3 heterocycles. The van der Waals surface area contributed by atoms with Crippen molar-refractivity contribution in [1.82, 2.24) is 24.6 Å². The number of halogens is 2. The number of nitrogens with one attached hydrogen (secondary N) is 1. The molecule has 1 aliphatic rings. The zero-order valence-corrected chi connectivity index (χ0v) is 22.5. The number of nitrogens with two attached hydrogens (primary N) is 1. The first-order chi connectivity index (χ1) is 18.9. The maximum Gasteiger partial charge on any atom is 0.459 e. The van der Waals surface area contributed by atoms with Crippen LogP contribution in [0.1, 0.15) is 27.0 Å². The largest absolute Gasteiger partial charge is 0.462 e. The smallest absolute Gasteiger partial charge is 0.459 e. The Morgan fingerprint density at radius 1 is 1.23 bits per heavy atom. The number of anilines is 1. The summed E-state index contributed by atoms with van der Waals surface area (Å²) in [6.07, 6.45) is -7.48. The Labute approximate surface area is 227 Å². The molecule has 4 rings (SSSR count). The molecule has 1 aliphatic heterocycles. The van der Waals surface area contributed by atoms with Crippen LogP contribution in [0.5, 0.6) is 5.75 Å². The molecule has 0 radical (unpaired) electrons. The van der Waals surface area contributed by atoms with Crippen LogP contribution in [0, 0.1) is 0 Å². The molecule has 40 heavy (non-hydrogen) atoms. The fraction of sp³-hybridized carbons (Fsp3) is 0.478. The summed E-state index contributed by atoms with van der Waals surface area (Å²) in [6.45, 7) is 3.30. The number of aliphatic hydroxyl groups is 2. The van der Waals surface area contributed by atoms with Gasteiger partial charge in [0, 0.05) is 0 Å². The number of aliphatic hydroxyl groups excluding tert-OH is 2. The fourth-order valence-electron chi connectivity index (χ4n) is 3.97. The van der Waals surface area contributed by atoms with Crippen molar-refractivity contribution < 1.29 is 46.9 Å². The number of aromatic nitrogens is 4. The zero-order valence-electron chi connectivity index (χ0n) is 21.6. The van der Waals surface area contributed by atoms with Gasteiger partial charge in [-0.2, -0.15) is 5.09 Å². The summed E-state index contributed by atoms with van der Waals surface area (Å²) in [5.41, 5.74) is 3.05. The number of imidazole rings is 1. The molecule has 0 amide bonds. The van der Waals surface area contributed by atoms with Gasteiger partial charge in [-0.25, -0.2) is 28.3 Å². The third-order valence-electron chi connectivity index (χ3n) is 5.97. The predicted molar refractivity (Wildman–Crippen MR) is 135 cm³/mol. The molecule has 0 bridgehead atoms. The van der Waals surface area contributed by atoms with Crippen molar-refractivity contribution >= 4 is 30.7 Å². The average molecular weight is 586 g/mol. The van der Waals surface area contributed by atoms with Gasteiger partial charge in [0.1, 0.15) is 35.8 Å². The molecule has 6 atom stereocenters. The molecule has 218 valence electrons. The number of ether oxygens (including phenoxy) is 2. The van der Waals surface area contributed by atoms with E-state index in [0.717, 1.165) is 17.2 Å². The standard InChI is InChI=1S/C23H29F2N6O8P/c1-12(2)37-21(34)13(3)30-40(35,39-14-7-5-4-6-8-14)36-9-23(22(24)25)17(33)16(32)20(38-23)31-11-29-15-18(26)27-10-28-19(15)31/h4-8,10-13,16-17,20,22,32-33H,9H2,1-3H3,(H,30,35)(H2,26,27,28)/t13-,16+,17-,20+,23+,40-/m0/s1. The van der Waals surface area contributed by atoms with Gasteiger partial charge >= 0.3 is 13.7 Å². The molecule has 0 saturated carbocycles. The summed E-state index contributed by atoms with van der Waals surface area (Å²) in [7, 11) is -4.61. The second kappa shape index (κ2) is 11.7. The molecule has 0 unspecified atom stereocenters. The third kappa shape index (κ3) is 5.92. The highest BCUT2D eigenvalue weighted by molar-refractivity contribution is 7.52. The summed E-state index contributed by atoms with van der Waals surface area (Å²) < 4.78 is 65.5. The van der Waals surface area contributed by atoms with E-state index in [1.807, 2.05) is 0 Å². The number of fused-ring (bicyclic) bond motifs is 1. The molecule has 0 aliphatic carbocycles. The van der Waals surface area contributed by atoms with Gasteiger partial charge < -0.3 is 29.9 Å². The molecule has 14 nitrogen and oxygen atoms in total. The molecular weight excluding hydrogens is 557 g/mol. The summed E-state index contributed by atoms with van der Waals surface area (Å²) in [4.78, 5) is 24.2. The lowest BCUT2D eigenvalue weighted by Gasteiger charge is -2.32. The van der Waals surface area contributed by atoms with Gasteiger partial charge in [-0.3, -0.25) is 13.9 Å². The van der Waals surface area contributed by atoms with Crippen LogP contribution in [-0.2, 0) is 23.4 Å². The van der Waals surface area contributed by atoms with Crippen LogP contribution in [0.3, 0.4) is 0 Å². The second-order valence-electron chi connectivity index (χ2n) is 9.29. The van der Waals surface area contributed by atoms with Crippen LogP contribution in [0.25, 0.3) is 11.2 Å². The highest BCUT2D eigenvalue weighted by Crippen LogP contribution is 2.49. The molecule has 1 fully saturated rings. The van der Waals surface area contributed by atoms with Crippen molar-refractivity contribution in [3.05, 3.63) is 43.0 Å². The minimum Gasteiger partial charge on any atom is -0.462 e. The number of hydrogen-bond acceptors (Lipinski definition) is 12. The minimum atomic E-state index is -4.61. The molecule has 0 spiro atoms. The Morgan fingerprint density at radius 3 is 2.58 bits per heavy atom. The molecule has 5 N–H and O–H groups in total. The van der Waals surface area contributed by atoms with Gasteiger partial charge in [-0.1, -0.05) is 18.2 Å². The van der Waals surface area contributed by atoms with Crippen LogP contribution in [-0.4, -0.2) is 78.7 Å². The number of nitrogens with zero attached hydrogens (tertiary/aromatic N) is 4. The third-order valence-corrected chi connectivity index (χ3v) is 7.60. The van der Waals surface area contributed by atoms with Crippen LogP contribution in [0.2, 0.25) is 0 Å². The second-order valence-corrected chi connectivity index (χ2v) is 11.0. The zero-order chi connectivity index (χ0) is 29.2. The van der Waals surface area contributed by atoms with Gasteiger partial charge in [0.05, 0.1) is 19.0 Å². The first-order valence-electron chi connectivity index (χ1n) is 12.1. The van der Waals surface area contributed by atoms with Crippen molar-refractivity contribution in [2.75, 3.05) is 12.3 Å². The van der Waals surface area contributed by atoms with E-state index in [9.17, 15) is 28.4 Å². The highest BCUT2D eigenvalue weighted by Gasteiger charge is 2.61. The Kier molecular flexibility index (Phi) is 8.68. The maximum atomic E-state index is 14.6.